The lowest BCUT2D eigenvalue weighted by Gasteiger charge is -2.23. The van der Waals surface area contributed by atoms with Crippen LogP contribution in [0.15, 0.2) is 97.1 Å². The summed E-state index contributed by atoms with van der Waals surface area (Å²) in [5.74, 6) is 0. The van der Waals surface area contributed by atoms with E-state index in [1.165, 1.54) is 0 Å². The van der Waals surface area contributed by atoms with Crippen LogP contribution in [0.1, 0.15) is 34.5 Å². The van der Waals surface area contributed by atoms with Crippen LogP contribution >= 0.6 is 0 Å². The van der Waals surface area contributed by atoms with Gasteiger partial charge in [0.15, 0.2) is 0 Å². The molecule has 0 radical (unpaired) electrons. The Morgan fingerprint density at radius 3 is 1.20 bits per heavy atom. The molecule has 0 aliphatic heterocycles. The lowest BCUT2D eigenvalue weighted by molar-refractivity contribution is 0.177. The second-order valence-electron chi connectivity index (χ2n) is 7.93. The fraction of sp³-hybridized carbons (Fsp3) is 0.143. The zero-order valence-corrected chi connectivity index (χ0v) is 16.7. The molecule has 4 aromatic rings. The van der Waals surface area contributed by atoms with Gasteiger partial charge >= 0.3 is 0 Å². The highest BCUT2D eigenvalue weighted by atomic mass is 16.3. The van der Waals surface area contributed by atoms with Crippen molar-refractivity contribution in [3.05, 3.63) is 119 Å². The number of fused-ring (bicyclic) bond motifs is 6. The molecule has 2 heteroatoms. The van der Waals surface area contributed by atoms with Crippen LogP contribution in [-0.4, -0.2) is 10.2 Å². The maximum Gasteiger partial charge on any atom is 0.0836 e. The molecule has 2 N–H and O–H groups in total. The van der Waals surface area contributed by atoms with Gasteiger partial charge in [0.25, 0.3) is 0 Å². The van der Waals surface area contributed by atoms with E-state index in [0.29, 0.717) is 12.8 Å². The molecule has 0 bridgehead atoms. The first-order chi connectivity index (χ1) is 14.7. The summed E-state index contributed by atoms with van der Waals surface area (Å²) >= 11 is 0. The Morgan fingerprint density at radius 1 is 0.433 bits per heavy atom. The summed E-state index contributed by atoms with van der Waals surface area (Å²) in [6.45, 7) is 0. The second-order valence-corrected chi connectivity index (χ2v) is 7.93. The van der Waals surface area contributed by atoms with E-state index in [4.69, 9.17) is 0 Å². The molecule has 5 rings (SSSR count). The zero-order chi connectivity index (χ0) is 20.5. The van der Waals surface area contributed by atoms with Gasteiger partial charge < -0.3 is 10.2 Å². The minimum atomic E-state index is -0.619. The van der Waals surface area contributed by atoms with E-state index in [9.17, 15) is 10.2 Å². The zero-order valence-electron chi connectivity index (χ0n) is 16.7. The molecule has 30 heavy (non-hydrogen) atoms. The molecule has 2 unspecified atom stereocenters. The Morgan fingerprint density at radius 2 is 0.767 bits per heavy atom. The second kappa shape index (κ2) is 7.91. The lowest BCUT2D eigenvalue weighted by atomic mass is 9.84. The Labute approximate surface area is 177 Å². The normalized spacial score (nSPS) is 18.1. The highest BCUT2D eigenvalue weighted by molar-refractivity contribution is 5.74. The third-order valence-corrected chi connectivity index (χ3v) is 6.08. The number of hydrogen-bond acceptors (Lipinski definition) is 2. The van der Waals surface area contributed by atoms with Gasteiger partial charge in [0, 0.05) is 12.8 Å². The smallest absolute Gasteiger partial charge is 0.0836 e. The summed E-state index contributed by atoms with van der Waals surface area (Å²) in [5.41, 5.74) is 8.18. The third-order valence-electron chi connectivity index (χ3n) is 6.08. The van der Waals surface area contributed by atoms with Gasteiger partial charge in [-0.25, -0.2) is 0 Å². The fourth-order valence-electron chi connectivity index (χ4n) is 4.62. The first-order valence-electron chi connectivity index (χ1n) is 10.4. The molecule has 0 aromatic heterocycles. The molecule has 4 aromatic carbocycles. The van der Waals surface area contributed by atoms with Gasteiger partial charge in [-0.3, -0.25) is 0 Å². The molecular formula is C28H24O2. The molecule has 2 nitrogen and oxygen atoms in total. The average molecular weight is 392 g/mol. The third kappa shape index (κ3) is 3.35. The number of rotatable bonds is 0. The van der Waals surface area contributed by atoms with E-state index in [0.717, 1.165) is 44.5 Å². The Balaban J connectivity index is 1.77. The van der Waals surface area contributed by atoms with E-state index in [-0.39, 0.29) is 0 Å². The molecule has 148 valence electrons. The summed E-state index contributed by atoms with van der Waals surface area (Å²) in [6.07, 6.45) is -0.210. The van der Waals surface area contributed by atoms with Crippen molar-refractivity contribution in [1.82, 2.24) is 0 Å². The Hall–Kier alpha value is -3.20. The largest absolute Gasteiger partial charge is 0.388 e. The van der Waals surface area contributed by atoms with E-state index in [1.54, 1.807) is 0 Å². The summed E-state index contributed by atoms with van der Waals surface area (Å²) in [5, 5.41) is 22.5. The number of aliphatic hydroxyl groups excluding tert-OH is 2. The van der Waals surface area contributed by atoms with Crippen LogP contribution in [0.3, 0.4) is 0 Å². The van der Waals surface area contributed by atoms with Gasteiger partial charge in [0.2, 0.25) is 0 Å². The van der Waals surface area contributed by atoms with Crippen molar-refractivity contribution in [3.63, 3.8) is 0 Å². The molecule has 0 saturated carbocycles. The maximum absolute atomic E-state index is 11.3. The summed E-state index contributed by atoms with van der Waals surface area (Å²) in [4.78, 5) is 0. The van der Waals surface area contributed by atoms with Crippen molar-refractivity contribution < 1.29 is 10.2 Å². The van der Waals surface area contributed by atoms with Crippen molar-refractivity contribution in [2.75, 3.05) is 0 Å². The minimum Gasteiger partial charge on any atom is -0.388 e. The van der Waals surface area contributed by atoms with Crippen molar-refractivity contribution in [2.24, 2.45) is 0 Å². The van der Waals surface area contributed by atoms with E-state index in [2.05, 4.69) is 36.4 Å². The summed E-state index contributed by atoms with van der Waals surface area (Å²) < 4.78 is 0. The van der Waals surface area contributed by atoms with Crippen LogP contribution in [0.4, 0.5) is 0 Å². The first-order valence-corrected chi connectivity index (χ1v) is 10.4. The fourth-order valence-corrected chi connectivity index (χ4v) is 4.62. The van der Waals surface area contributed by atoms with Crippen LogP contribution in [0.25, 0.3) is 22.3 Å². The highest BCUT2D eigenvalue weighted by Crippen LogP contribution is 2.38. The standard InChI is InChI=1S/C28H24O2/c29-27-17-19-9-1-3-11-21(19)23-13-5-7-15-25(23)28(30)18-20-10-2-4-12-22(20)24-14-6-8-16-26(24)27/h1-16,27-30H,17-18H2. The van der Waals surface area contributed by atoms with E-state index >= 15 is 0 Å². The molecule has 1 aliphatic carbocycles. The van der Waals surface area contributed by atoms with E-state index < -0.39 is 12.2 Å². The molecule has 2 atom stereocenters. The average Bonchev–Trinajstić information content (AvgIpc) is 2.79. The lowest BCUT2D eigenvalue weighted by Crippen LogP contribution is -2.10. The summed E-state index contributed by atoms with van der Waals surface area (Å²) in [6, 6.07) is 32.5. The molecular weight excluding hydrogens is 368 g/mol. The Bertz CT molecular complexity index is 1100. The van der Waals surface area contributed by atoms with Crippen LogP contribution in [0.2, 0.25) is 0 Å². The van der Waals surface area contributed by atoms with Gasteiger partial charge in [-0.15, -0.1) is 0 Å². The molecule has 0 heterocycles. The van der Waals surface area contributed by atoms with Crippen molar-refractivity contribution in [1.29, 1.82) is 0 Å². The van der Waals surface area contributed by atoms with Gasteiger partial charge in [-0.2, -0.15) is 0 Å². The van der Waals surface area contributed by atoms with Crippen LogP contribution in [-0.2, 0) is 12.8 Å². The number of benzene rings is 4. The quantitative estimate of drug-likeness (QED) is 0.392. The van der Waals surface area contributed by atoms with Crippen LogP contribution in [0, 0.1) is 0 Å². The predicted octanol–water partition coefficient (Wildman–Crippen LogP) is 5.89. The molecule has 1 aliphatic rings. The number of aliphatic hydroxyl groups is 2. The van der Waals surface area contributed by atoms with Crippen LogP contribution in [0.5, 0.6) is 0 Å². The minimum absolute atomic E-state index is 0.514. The van der Waals surface area contributed by atoms with Crippen molar-refractivity contribution in [3.8, 4) is 22.3 Å². The summed E-state index contributed by atoms with van der Waals surface area (Å²) in [7, 11) is 0. The van der Waals surface area contributed by atoms with Gasteiger partial charge in [0.1, 0.15) is 0 Å². The van der Waals surface area contributed by atoms with Gasteiger partial charge in [-0.1, -0.05) is 97.1 Å². The molecule has 0 spiro atoms. The topological polar surface area (TPSA) is 40.5 Å². The first kappa shape index (κ1) is 18.8. The van der Waals surface area contributed by atoms with E-state index in [1.807, 2.05) is 60.7 Å². The molecule has 0 amide bonds. The van der Waals surface area contributed by atoms with Crippen molar-refractivity contribution in [2.45, 2.75) is 25.0 Å². The highest BCUT2D eigenvalue weighted by Gasteiger charge is 2.22. The van der Waals surface area contributed by atoms with Crippen molar-refractivity contribution >= 4 is 0 Å². The monoisotopic (exact) mass is 392 g/mol. The van der Waals surface area contributed by atoms with Crippen LogP contribution < -0.4 is 0 Å². The maximum atomic E-state index is 11.3. The Kier molecular flexibility index (Phi) is 4.96. The molecule has 0 fully saturated rings. The van der Waals surface area contributed by atoms with Gasteiger partial charge in [0.05, 0.1) is 12.2 Å². The van der Waals surface area contributed by atoms with Gasteiger partial charge in [-0.05, 0) is 44.5 Å². The SMILES string of the molecule is OC1Cc2ccccc2-c2ccccc2C(O)Cc2ccccc2-c2ccccc21. The molecule has 0 saturated heterocycles. The predicted molar refractivity (Wildman–Crippen MR) is 121 cm³/mol. The number of hydrogen-bond donors (Lipinski definition) is 2.